The highest BCUT2D eigenvalue weighted by Gasteiger charge is 2.23. The molecule has 2 aromatic rings. The summed E-state index contributed by atoms with van der Waals surface area (Å²) in [7, 11) is 2.80. The minimum Gasteiger partial charge on any atom is -0.324 e. The van der Waals surface area contributed by atoms with Crippen LogP contribution in [0.1, 0.15) is 17.2 Å². The summed E-state index contributed by atoms with van der Waals surface area (Å²) >= 11 is 0. The van der Waals surface area contributed by atoms with Gasteiger partial charge in [0.25, 0.3) is 0 Å². The summed E-state index contributed by atoms with van der Waals surface area (Å²) in [5.74, 6) is -0.299. The molecule has 136 valence electrons. The fraction of sp³-hybridized carbons (Fsp3) is 0.375. The summed E-state index contributed by atoms with van der Waals surface area (Å²) in [4.78, 5) is 12.7. The van der Waals surface area contributed by atoms with Crippen molar-refractivity contribution in [2.75, 3.05) is 26.5 Å². The molecule has 9 heteroatoms. The molecule has 0 radical (unpaired) electrons. The first-order chi connectivity index (χ1) is 11.7. The van der Waals surface area contributed by atoms with E-state index < -0.39 is 16.1 Å². The summed E-state index contributed by atoms with van der Waals surface area (Å²) in [5, 5.41) is 9.76. The molecule has 1 aromatic carbocycles. The first-order valence-electron chi connectivity index (χ1n) is 7.66. The number of anilines is 1. The van der Waals surface area contributed by atoms with Crippen LogP contribution in [0.4, 0.5) is 5.69 Å². The summed E-state index contributed by atoms with van der Waals surface area (Å²) in [6.45, 7) is 1.72. The SMILES string of the molecule is CNC(C(=O)Nc1ccc(C)c(S(=O)(=O)N(C)C)c1)c1cnn(C)c1. The Morgan fingerprint density at radius 2 is 2.00 bits per heavy atom. The van der Waals surface area contributed by atoms with Crippen LogP contribution in [0.15, 0.2) is 35.5 Å². The molecule has 0 aliphatic rings. The smallest absolute Gasteiger partial charge is 0.246 e. The zero-order valence-corrected chi connectivity index (χ0v) is 15.8. The number of nitrogens with one attached hydrogen (secondary N) is 2. The van der Waals surface area contributed by atoms with E-state index >= 15 is 0 Å². The zero-order valence-electron chi connectivity index (χ0n) is 14.9. The molecule has 1 amide bonds. The van der Waals surface area contributed by atoms with Gasteiger partial charge in [0, 0.05) is 38.6 Å². The molecule has 1 heterocycles. The Balaban J connectivity index is 2.29. The molecule has 1 unspecified atom stereocenters. The lowest BCUT2D eigenvalue weighted by Crippen LogP contribution is -2.30. The third-order valence-corrected chi connectivity index (χ3v) is 5.78. The number of aromatic nitrogens is 2. The number of nitrogens with zero attached hydrogens (tertiary/aromatic N) is 3. The van der Waals surface area contributed by atoms with E-state index in [0.717, 1.165) is 9.87 Å². The molecule has 0 saturated heterocycles. The van der Waals surface area contributed by atoms with Crippen LogP contribution in [-0.2, 0) is 21.9 Å². The number of carbonyl (C=O) groups is 1. The summed E-state index contributed by atoms with van der Waals surface area (Å²) < 4.78 is 27.5. The van der Waals surface area contributed by atoms with Gasteiger partial charge in [0.05, 0.1) is 11.1 Å². The first-order valence-corrected chi connectivity index (χ1v) is 9.10. The summed E-state index contributed by atoms with van der Waals surface area (Å²) in [6.07, 6.45) is 3.36. The highest BCUT2D eigenvalue weighted by atomic mass is 32.2. The van der Waals surface area contributed by atoms with Gasteiger partial charge in [0.15, 0.2) is 0 Å². The van der Waals surface area contributed by atoms with Crippen LogP contribution < -0.4 is 10.6 Å². The second-order valence-electron chi connectivity index (χ2n) is 5.93. The molecule has 2 N–H and O–H groups in total. The Bertz CT molecular complexity index is 874. The topological polar surface area (TPSA) is 96.3 Å². The first kappa shape index (κ1) is 19.1. The van der Waals surface area contributed by atoms with Crippen molar-refractivity contribution in [1.29, 1.82) is 0 Å². The number of amides is 1. The van der Waals surface area contributed by atoms with Crippen LogP contribution in [0.3, 0.4) is 0 Å². The van der Waals surface area contributed by atoms with E-state index in [9.17, 15) is 13.2 Å². The normalized spacial score (nSPS) is 13.0. The number of aryl methyl sites for hydroxylation is 2. The molecular formula is C16H23N5O3S. The van der Waals surface area contributed by atoms with Gasteiger partial charge < -0.3 is 10.6 Å². The molecule has 0 bridgehead atoms. The van der Waals surface area contributed by atoms with E-state index in [0.29, 0.717) is 11.3 Å². The van der Waals surface area contributed by atoms with Crippen molar-refractivity contribution in [2.45, 2.75) is 17.9 Å². The van der Waals surface area contributed by atoms with Crippen molar-refractivity contribution in [3.05, 3.63) is 41.7 Å². The quantitative estimate of drug-likeness (QED) is 0.792. The average molecular weight is 365 g/mol. The monoisotopic (exact) mass is 365 g/mol. The number of likely N-dealkylation sites (N-methyl/N-ethyl adjacent to an activating group) is 1. The van der Waals surface area contributed by atoms with Crippen LogP contribution in [0, 0.1) is 6.92 Å². The van der Waals surface area contributed by atoms with Gasteiger partial charge in [-0.2, -0.15) is 5.10 Å². The van der Waals surface area contributed by atoms with E-state index in [1.807, 2.05) is 0 Å². The molecule has 0 saturated carbocycles. The van der Waals surface area contributed by atoms with Crippen LogP contribution in [0.5, 0.6) is 0 Å². The minimum absolute atomic E-state index is 0.165. The van der Waals surface area contributed by atoms with Crippen molar-refractivity contribution in [1.82, 2.24) is 19.4 Å². The van der Waals surface area contributed by atoms with E-state index in [-0.39, 0.29) is 10.8 Å². The molecule has 25 heavy (non-hydrogen) atoms. The van der Waals surface area contributed by atoms with Crippen LogP contribution in [-0.4, -0.2) is 49.6 Å². The number of benzene rings is 1. The van der Waals surface area contributed by atoms with E-state index in [1.165, 1.54) is 20.2 Å². The summed E-state index contributed by atoms with van der Waals surface area (Å²) in [5.41, 5.74) is 1.75. The molecular weight excluding hydrogens is 342 g/mol. The Kier molecular flexibility index (Phi) is 5.61. The van der Waals surface area contributed by atoms with Crippen molar-refractivity contribution >= 4 is 21.6 Å². The molecule has 0 aliphatic heterocycles. The van der Waals surface area contributed by atoms with E-state index in [1.54, 1.807) is 50.2 Å². The predicted molar refractivity (Wildman–Crippen MR) is 95.7 cm³/mol. The molecule has 0 fully saturated rings. The van der Waals surface area contributed by atoms with Gasteiger partial charge >= 0.3 is 0 Å². The van der Waals surface area contributed by atoms with Gasteiger partial charge in [-0.1, -0.05) is 6.07 Å². The minimum atomic E-state index is -3.59. The molecule has 0 spiro atoms. The Morgan fingerprint density at radius 3 is 2.52 bits per heavy atom. The fourth-order valence-electron chi connectivity index (χ4n) is 2.41. The number of sulfonamides is 1. The van der Waals surface area contributed by atoms with Gasteiger partial charge in [-0.25, -0.2) is 12.7 Å². The van der Waals surface area contributed by atoms with Crippen LogP contribution >= 0.6 is 0 Å². The Hall–Kier alpha value is -2.23. The molecule has 0 aliphatic carbocycles. The molecule has 1 atom stereocenters. The number of carbonyl (C=O) groups excluding carboxylic acids is 1. The third kappa shape index (κ3) is 4.06. The molecule has 8 nitrogen and oxygen atoms in total. The maximum absolute atomic E-state index is 12.6. The van der Waals surface area contributed by atoms with Crippen LogP contribution in [0.25, 0.3) is 0 Å². The van der Waals surface area contributed by atoms with E-state index in [4.69, 9.17) is 0 Å². The number of rotatable bonds is 6. The zero-order chi connectivity index (χ0) is 18.8. The largest absolute Gasteiger partial charge is 0.324 e. The highest BCUT2D eigenvalue weighted by molar-refractivity contribution is 7.89. The van der Waals surface area contributed by atoms with Gasteiger partial charge in [0.2, 0.25) is 15.9 Å². The second kappa shape index (κ2) is 7.34. The number of hydrogen-bond acceptors (Lipinski definition) is 5. The maximum Gasteiger partial charge on any atom is 0.246 e. The second-order valence-corrected chi connectivity index (χ2v) is 8.05. The van der Waals surface area contributed by atoms with Crippen molar-refractivity contribution in [3.8, 4) is 0 Å². The lowest BCUT2D eigenvalue weighted by Gasteiger charge is -2.17. The van der Waals surface area contributed by atoms with Gasteiger partial charge in [-0.15, -0.1) is 0 Å². The van der Waals surface area contributed by atoms with Crippen LogP contribution in [0.2, 0.25) is 0 Å². The Morgan fingerprint density at radius 1 is 1.32 bits per heavy atom. The predicted octanol–water partition coefficient (Wildman–Crippen LogP) is 0.878. The van der Waals surface area contributed by atoms with Crippen molar-refractivity contribution in [2.24, 2.45) is 7.05 Å². The van der Waals surface area contributed by atoms with Gasteiger partial charge in [-0.3, -0.25) is 9.48 Å². The fourth-order valence-corrected chi connectivity index (χ4v) is 3.55. The van der Waals surface area contributed by atoms with Crippen molar-refractivity contribution in [3.63, 3.8) is 0 Å². The van der Waals surface area contributed by atoms with Crippen molar-refractivity contribution < 1.29 is 13.2 Å². The maximum atomic E-state index is 12.6. The Labute approximate surface area is 147 Å². The number of hydrogen-bond donors (Lipinski definition) is 2. The average Bonchev–Trinajstić information content (AvgIpc) is 2.95. The summed E-state index contributed by atoms with van der Waals surface area (Å²) in [6, 6.07) is 4.23. The standard InChI is InChI=1S/C16H23N5O3S/c1-11-6-7-13(8-14(11)25(23,24)20(3)4)19-16(22)15(17-2)12-9-18-21(5)10-12/h6-10,15,17H,1-5H3,(H,19,22). The highest BCUT2D eigenvalue weighted by Crippen LogP contribution is 2.23. The van der Waals surface area contributed by atoms with Gasteiger partial charge in [-0.05, 0) is 31.7 Å². The van der Waals surface area contributed by atoms with Gasteiger partial charge in [0.1, 0.15) is 6.04 Å². The molecule has 1 aromatic heterocycles. The molecule has 2 rings (SSSR count). The lowest BCUT2D eigenvalue weighted by molar-refractivity contribution is -0.118. The lowest BCUT2D eigenvalue weighted by atomic mass is 10.1. The third-order valence-electron chi connectivity index (χ3n) is 3.82. The van der Waals surface area contributed by atoms with E-state index in [2.05, 4.69) is 15.7 Å².